The van der Waals surface area contributed by atoms with Crippen LogP contribution in [0.2, 0.25) is 0 Å². The van der Waals surface area contributed by atoms with Crippen LogP contribution in [0.15, 0.2) is 18.5 Å². The lowest BCUT2D eigenvalue weighted by Crippen LogP contribution is -2.48. The lowest BCUT2D eigenvalue weighted by molar-refractivity contribution is 0.0989. The Labute approximate surface area is 128 Å². The molecule has 0 radical (unpaired) electrons. The Morgan fingerprint density at radius 1 is 1.32 bits per heavy atom. The summed E-state index contributed by atoms with van der Waals surface area (Å²) in [6.07, 6.45) is 9.27. The van der Waals surface area contributed by atoms with Crippen molar-refractivity contribution in [1.82, 2.24) is 25.0 Å². The van der Waals surface area contributed by atoms with E-state index in [0.717, 1.165) is 32.2 Å². The van der Waals surface area contributed by atoms with Gasteiger partial charge in [-0.1, -0.05) is 12.2 Å². The van der Waals surface area contributed by atoms with Gasteiger partial charge in [-0.3, -0.25) is 4.79 Å². The molecule has 1 saturated heterocycles. The van der Waals surface area contributed by atoms with E-state index < -0.39 is 5.91 Å². The number of nitrogens with two attached hydrogens (primary N) is 1. The van der Waals surface area contributed by atoms with E-state index in [0.29, 0.717) is 6.54 Å². The van der Waals surface area contributed by atoms with Crippen LogP contribution < -0.4 is 11.1 Å². The van der Waals surface area contributed by atoms with Gasteiger partial charge in [0.15, 0.2) is 0 Å². The highest BCUT2D eigenvalue weighted by atomic mass is 16.2. The summed E-state index contributed by atoms with van der Waals surface area (Å²) in [6, 6.07) is 0.205. The van der Waals surface area contributed by atoms with Crippen molar-refractivity contribution in [2.45, 2.75) is 37.8 Å². The summed E-state index contributed by atoms with van der Waals surface area (Å²) in [7, 11) is 0. The van der Waals surface area contributed by atoms with Gasteiger partial charge in [-0.25, -0.2) is 14.5 Å². The molecule has 0 bridgehead atoms. The maximum Gasteiger partial charge on any atom is 0.317 e. The molecule has 1 aliphatic heterocycles. The number of hydrogen-bond acceptors (Lipinski definition) is 4. The van der Waals surface area contributed by atoms with E-state index in [2.05, 4.69) is 27.6 Å². The Hall–Kier alpha value is -2.38. The van der Waals surface area contributed by atoms with Gasteiger partial charge >= 0.3 is 6.03 Å². The maximum absolute atomic E-state index is 12.3. The van der Waals surface area contributed by atoms with Crippen molar-refractivity contribution in [3.05, 3.63) is 24.3 Å². The monoisotopic (exact) mass is 304 g/mol. The average Bonchev–Trinajstić information content (AvgIpc) is 3.18. The standard InChI is InChI=1S/C14H20N6O2/c15-12(21)13-16-9-20(18-13)11-6-3-7-19(8-11)14(22)17-10-4-1-2-5-10/h1-2,9-11H,3-8H2,(H2,15,21)(H,17,22)/t11-/m1/s1. The quantitative estimate of drug-likeness (QED) is 0.790. The number of primary amides is 1. The summed E-state index contributed by atoms with van der Waals surface area (Å²) in [5.41, 5.74) is 5.17. The SMILES string of the molecule is NC(=O)c1ncn([C@@H]2CCCN(C(=O)NC3CC=CC3)C2)n1. The second kappa shape index (κ2) is 6.17. The molecule has 2 aliphatic rings. The van der Waals surface area contributed by atoms with Gasteiger partial charge in [0.1, 0.15) is 6.33 Å². The summed E-state index contributed by atoms with van der Waals surface area (Å²) >= 11 is 0. The first-order valence-electron chi connectivity index (χ1n) is 7.55. The van der Waals surface area contributed by atoms with E-state index in [-0.39, 0.29) is 23.9 Å². The molecule has 1 aromatic rings. The fraction of sp³-hybridized carbons (Fsp3) is 0.571. The van der Waals surface area contributed by atoms with Gasteiger partial charge in [0, 0.05) is 19.1 Å². The molecule has 0 spiro atoms. The van der Waals surface area contributed by atoms with Gasteiger partial charge < -0.3 is 16.0 Å². The summed E-state index contributed by atoms with van der Waals surface area (Å²) in [5.74, 6) is -0.628. The van der Waals surface area contributed by atoms with Crippen LogP contribution in [-0.2, 0) is 0 Å². The summed E-state index contributed by atoms with van der Waals surface area (Å²) in [6.45, 7) is 1.30. The number of carbonyl (C=O) groups is 2. The molecule has 118 valence electrons. The Balaban J connectivity index is 1.60. The largest absolute Gasteiger partial charge is 0.363 e. The molecular weight excluding hydrogens is 284 g/mol. The number of carbonyl (C=O) groups excluding carboxylic acids is 2. The molecule has 3 rings (SSSR count). The van der Waals surface area contributed by atoms with Crippen LogP contribution in [0.5, 0.6) is 0 Å². The van der Waals surface area contributed by atoms with Crippen LogP contribution in [-0.4, -0.2) is 50.7 Å². The molecule has 3 amide bonds. The number of nitrogens with one attached hydrogen (secondary N) is 1. The van der Waals surface area contributed by atoms with Crippen LogP contribution in [0.3, 0.4) is 0 Å². The first kappa shape index (κ1) is 14.6. The Bertz CT molecular complexity index is 588. The van der Waals surface area contributed by atoms with Gasteiger partial charge in [-0.05, 0) is 25.7 Å². The van der Waals surface area contributed by atoms with Crippen LogP contribution in [0.1, 0.15) is 42.3 Å². The Kier molecular flexibility index (Phi) is 4.08. The van der Waals surface area contributed by atoms with Gasteiger partial charge in [0.2, 0.25) is 5.82 Å². The molecule has 0 saturated carbocycles. The van der Waals surface area contributed by atoms with Crippen molar-refractivity contribution in [1.29, 1.82) is 0 Å². The van der Waals surface area contributed by atoms with Crippen LogP contribution in [0.25, 0.3) is 0 Å². The van der Waals surface area contributed by atoms with Crippen molar-refractivity contribution in [2.75, 3.05) is 13.1 Å². The zero-order valence-corrected chi connectivity index (χ0v) is 12.3. The molecule has 1 aliphatic carbocycles. The first-order valence-corrected chi connectivity index (χ1v) is 7.55. The van der Waals surface area contributed by atoms with Crippen molar-refractivity contribution in [3.8, 4) is 0 Å². The highest BCUT2D eigenvalue weighted by Crippen LogP contribution is 2.21. The highest BCUT2D eigenvalue weighted by Gasteiger charge is 2.27. The number of likely N-dealkylation sites (tertiary alicyclic amines) is 1. The van der Waals surface area contributed by atoms with E-state index in [4.69, 9.17) is 5.73 Å². The van der Waals surface area contributed by atoms with E-state index in [1.54, 1.807) is 9.58 Å². The zero-order valence-electron chi connectivity index (χ0n) is 12.3. The summed E-state index contributed by atoms with van der Waals surface area (Å²) in [4.78, 5) is 29.1. The van der Waals surface area contributed by atoms with Crippen molar-refractivity contribution < 1.29 is 9.59 Å². The molecule has 1 fully saturated rings. The predicted molar refractivity (Wildman–Crippen MR) is 79.1 cm³/mol. The number of amides is 3. The molecule has 8 heteroatoms. The number of rotatable bonds is 3. The smallest absolute Gasteiger partial charge is 0.317 e. The van der Waals surface area contributed by atoms with E-state index in [1.807, 2.05) is 0 Å². The van der Waals surface area contributed by atoms with Crippen molar-refractivity contribution >= 4 is 11.9 Å². The molecule has 0 unspecified atom stereocenters. The fourth-order valence-corrected chi connectivity index (χ4v) is 2.92. The fourth-order valence-electron chi connectivity index (χ4n) is 2.92. The molecule has 0 aromatic carbocycles. The molecule has 22 heavy (non-hydrogen) atoms. The second-order valence-corrected chi connectivity index (χ2v) is 5.74. The topological polar surface area (TPSA) is 106 Å². The predicted octanol–water partition coefficient (Wildman–Crippen LogP) is 0.442. The van der Waals surface area contributed by atoms with E-state index in [1.165, 1.54) is 6.33 Å². The average molecular weight is 304 g/mol. The summed E-state index contributed by atoms with van der Waals surface area (Å²) < 4.78 is 1.64. The Morgan fingerprint density at radius 3 is 2.77 bits per heavy atom. The Morgan fingerprint density at radius 2 is 2.09 bits per heavy atom. The molecule has 1 atom stereocenters. The third-order valence-corrected chi connectivity index (χ3v) is 4.12. The van der Waals surface area contributed by atoms with Crippen LogP contribution in [0.4, 0.5) is 4.79 Å². The third kappa shape index (κ3) is 3.10. The van der Waals surface area contributed by atoms with Gasteiger partial charge in [0.05, 0.1) is 6.04 Å². The van der Waals surface area contributed by atoms with Gasteiger partial charge in [-0.2, -0.15) is 0 Å². The van der Waals surface area contributed by atoms with Crippen LogP contribution in [0, 0.1) is 0 Å². The lowest BCUT2D eigenvalue weighted by atomic mass is 10.1. The number of aromatic nitrogens is 3. The van der Waals surface area contributed by atoms with Crippen LogP contribution >= 0.6 is 0 Å². The highest BCUT2D eigenvalue weighted by molar-refractivity contribution is 5.88. The number of hydrogen-bond donors (Lipinski definition) is 2. The molecule has 2 heterocycles. The minimum absolute atomic E-state index is 0.0126. The maximum atomic E-state index is 12.3. The van der Waals surface area contributed by atoms with Gasteiger partial charge in [-0.15, -0.1) is 5.10 Å². The number of piperidine rings is 1. The number of urea groups is 1. The number of nitrogens with zero attached hydrogens (tertiary/aromatic N) is 4. The molecule has 1 aromatic heterocycles. The second-order valence-electron chi connectivity index (χ2n) is 5.74. The minimum atomic E-state index is -0.641. The normalized spacial score (nSPS) is 22.0. The van der Waals surface area contributed by atoms with E-state index in [9.17, 15) is 9.59 Å². The van der Waals surface area contributed by atoms with Crippen molar-refractivity contribution in [3.63, 3.8) is 0 Å². The third-order valence-electron chi connectivity index (χ3n) is 4.12. The van der Waals surface area contributed by atoms with Gasteiger partial charge in [0.25, 0.3) is 5.91 Å². The molecular formula is C14H20N6O2. The zero-order chi connectivity index (χ0) is 15.5. The summed E-state index contributed by atoms with van der Waals surface area (Å²) in [5, 5.41) is 7.14. The molecule has 8 nitrogen and oxygen atoms in total. The minimum Gasteiger partial charge on any atom is -0.363 e. The van der Waals surface area contributed by atoms with E-state index >= 15 is 0 Å². The van der Waals surface area contributed by atoms with Crippen molar-refractivity contribution in [2.24, 2.45) is 5.73 Å². The lowest BCUT2D eigenvalue weighted by Gasteiger charge is -2.33. The first-order chi connectivity index (χ1) is 10.6. The molecule has 3 N–H and O–H groups in total.